The van der Waals surface area contributed by atoms with E-state index in [4.69, 9.17) is 43.0 Å². The van der Waals surface area contributed by atoms with Crippen LogP contribution < -0.4 is 18.9 Å². The quantitative estimate of drug-likeness (QED) is 0.00429. The zero-order chi connectivity index (χ0) is 56.7. The van der Waals surface area contributed by atoms with Gasteiger partial charge in [0.25, 0.3) is 0 Å². The molecule has 0 saturated heterocycles. The minimum atomic E-state index is -0.582. The number of nitrogens with zero attached hydrogens (tertiary/aromatic N) is 3. The number of hydrogen-bond acceptors (Lipinski definition) is 17. The lowest BCUT2D eigenvalue weighted by Crippen LogP contribution is -2.30. The van der Waals surface area contributed by atoms with Crippen molar-refractivity contribution in [1.29, 1.82) is 0 Å². The van der Waals surface area contributed by atoms with Gasteiger partial charge in [0.1, 0.15) is 35.2 Å². The van der Waals surface area contributed by atoms with Gasteiger partial charge in [-0.3, -0.25) is 19.6 Å². The van der Waals surface area contributed by atoms with Gasteiger partial charge in [-0.15, -0.1) is 17.7 Å². The first kappa shape index (κ1) is 61.8. The Kier molecular flexibility index (Phi) is 26.7. The summed E-state index contributed by atoms with van der Waals surface area (Å²) in [5, 5.41) is 6.51. The van der Waals surface area contributed by atoms with Crippen LogP contribution in [-0.4, -0.2) is 106 Å². The molecule has 2 fully saturated rings. The molecule has 16 nitrogen and oxygen atoms in total. The molecule has 4 aromatic rings. The number of benzene rings is 4. The van der Waals surface area contributed by atoms with Crippen LogP contribution in [0.15, 0.2) is 119 Å². The predicted molar refractivity (Wildman–Crippen MR) is 308 cm³/mol. The van der Waals surface area contributed by atoms with Crippen LogP contribution in [0.1, 0.15) is 136 Å². The third kappa shape index (κ3) is 21.3. The first-order valence-electron chi connectivity index (χ1n) is 27.7. The maximum Gasteiger partial charge on any atom is 0.339 e. The lowest BCUT2D eigenvalue weighted by molar-refractivity contribution is -0.141. The summed E-state index contributed by atoms with van der Waals surface area (Å²) in [6.07, 6.45) is 13.3. The van der Waals surface area contributed by atoms with E-state index in [1.54, 1.807) is 92.0 Å². The van der Waals surface area contributed by atoms with Crippen molar-refractivity contribution in [2.75, 3.05) is 46.0 Å². The molecule has 0 atom stereocenters. The van der Waals surface area contributed by atoms with Crippen molar-refractivity contribution >= 4 is 60.2 Å². The SMILES string of the molecule is C=CC(=O)OCCCCCCOc1ccc(OC(=O)C2CCC(OC(=O)c3ccc(OC(=O)C4CCC(OC(=O)c5ccc(OCCCCCCOC)cc5)CC4)cc3/C=N/N(CC#CC)CSc3ccccc3N=C)CC2)cc1. The summed E-state index contributed by atoms with van der Waals surface area (Å²) in [7, 11) is 1.71. The van der Waals surface area contributed by atoms with Gasteiger partial charge in [0, 0.05) is 30.3 Å². The average Bonchev–Trinajstić information content (AvgIpc) is 3.49. The van der Waals surface area contributed by atoms with Crippen molar-refractivity contribution in [2.45, 2.75) is 127 Å². The zero-order valence-corrected chi connectivity index (χ0v) is 47.0. The molecule has 0 aliphatic heterocycles. The number of thioether (sulfide) groups is 1. The third-order valence-electron chi connectivity index (χ3n) is 13.6. The number of carbonyl (C=O) groups is 5. The highest BCUT2D eigenvalue weighted by atomic mass is 32.2. The highest BCUT2D eigenvalue weighted by molar-refractivity contribution is 7.99. The molecule has 2 aliphatic carbocycles. The monoisotopic (exact) mass is 1110 g/mol. The maximum absolute atomic E-state index is 14.0. The molecule has 426 valence electrons. The second-order valence-corrected chi connectivity index (χ2v) is 20.5. The molecule has 0 N–H and O–H groups in total. The molecule has 80 heavy (non-hydrogen) atoms. The van der Waals surface area contributed by atoms with Crippen LogP contribution >= 0.6 is 11.8 Å². The van der Waals surface area contributed by atoms with Crippen LogP contribution in [0, 0.1) is 23.7 Å². The van der Waals surface area contributed by atoms with Crippen molar-refractivity contribution in [1.82, 2.24) is 5.01 Å². The second-order valence-electron chi connectivity index (χ2n) is 19.5. The molecule has 0 bridgehead atoms. The lowest BCUT2D eigenvalue weighted by atomic mass is 9.87. The van der Waals surface area contributed by atoms with Crippen LogP contribution in [0.4, 0.5) is 5.69 Å². The van der Waals surface area contributed by atoms with E-state index >= 15 is 0 Å². The van der Waals surface area contributed by atoms with E-state index in [9.17, 15) is 24.0 Å². The summed E-state index contributed by atoms with van der Waals surface area (Å²) in [6.45, 7) is 11.4. The van der Waals surface area contributed by atoms with E-state index in [0.717, 1.165) is 74.6 Å². The van der Waals surface area contributed by atoms with Crippen LogP contribution in [0.5, 0.6) is 23.0 Å². The molecule has 0 spiro atoms. The van der Waals surface area contributed by atoms with Crippen LogP contribution in [-0.2, 0) is 33.3 Å². The summed E-state index contributed by atoms with van der Waals surface area (Å²) in [5.41, 5.74) is 1.76. The molecule has 2 saturated carbocycles. The standard InChI is InChI=1S/C63H75N3O13S/c1-5-7-38-66(45-80-58-19-13-12-18-57(58)64-3)65-44-49-43-55(79-62(70)48-22-28-52(29-23-48)76-60(68)46-20-26-50(27-21-46)73-40-15-9-8-14-39-72-4)36-37-56(49)63(71)78-53-30-24-47(25-31-53)61(69)77-54-34-32-51(33-35-54)74-41-16-10-11-17-42-75-59(67)6-2/h6,12-13,18-21,26-27,32-37,43-44,47-48,52-53H,2-3,8-11,14-17,22-25,28-31,38-42,45H2,1,4H3/b65-44+. The van der Waals surface area contributed by atoms with E-state index in [-0.39, 0.29) is 29.3 Å². The second kappa shape index (κ2) is 34.6. The predicted octanol–water partition coefficient (Wildman–Crippen LogP) is 12.3. The molecule has 0 radical (unpaired) electrons. The summed E-state index contributed by atoms with van der Waals surface area (Å²) < 4.78 is 45.4. The topological polar surface area (TPSA) is 187 Å². The molecular weight excluding hydrogens is 1040 g/mol. The van der Waals surface area contributed by atoms with Gasteiger partial charge < -0.3 is 37.9 Å². The summed E-state index contributed by atoms with van der Waals surface area (Å²) >= 11 is 1.51. The van der Waals surface area contributed by atoms with Crippen LogP contribution in [0.3, 0.4) is 0 Å². The first-order chi connectivity index (χ1) is 39.0. The zero-order valence-electron chi connectivity index (χ0n) is 46.2. The number of rotatable bonds is 32. The van der Waals surface area contributed by atoms with E-state index < -0.39 is 35.9 Å². The van der Waals surface area contributed by atoms with Crippen LogP contribution in [0.25, 0.3) is 0 Å². The molecule has 4 aromatic carbocycles. The van der Waals surface area contributed by atoms with Gasteiger partial charge in [0.05, 0.1) is 67.1 Å². The van der Waals surface area contributed by atoms with Gasteiger partial charge in [-0.25, -0.2) is 14.4 Å². The number of unbranched alkanes of at least 4 members (excludes halogenated alkanes) is 6. The third-order valence-corrected chi connectivity index (χ3v) is 14.7. The van der Waals surface area contributed by atoms with E-state index in [2.05, 4.69) is 30.1 Å². The minimum Gasteiger partial charge on any atom is -0.494 e. The molecular formula is C63H75N3O13S. The summed E-state index contributed by atoms with van der Waals surface area (Å²) in [6, 6.07) is 26.3. The fraction of sp³-hybridized carbons (Fsp3) is 0.444. The van der Waals surface area contributed by atoms with E-state index in [1.165, 1.54) is 11.8 Å². The largest absolute Gasteiger partial charge is 0.494 e. The molecule has 0 amide bonds. The van der Waals surface area contributed by atoms with E-state index in [0.29, 0.717) is 112 Å². The minimum absolute atomic E-state index is 0.218. The normalized spacial score (nSPS) is 16.7. The molecule has 2 aliphatic rings. The molecule has 6 rings (SSSR count). The highest BCUT2D eigenvalue weighted by Gasteiger charge is 2.32. The lowest BCUT2D eigenvalue weighted by Gasteiger charge is -2.27. The smallest absolute Gasteiger partial charge is 0.339 e. The van der Waals surface area contributed by atoms with Gasteiger partial charge in [-0.2, -0.15) is 5.10 Å². The Hall–Kier alpha value is -7.42. The number of ether oxygens (including phenoxy) is 8. The van der Waals surface area contributed by atoms with Gasteiger partial charge in [0.15, 0.2) is 0 Å². The Labute approximate surface area is 474 Å². The van der Waals surface area contributed by atoms with Crippen molar-refractivity contribution in [3.8, 4) is 34.8 Å². The average molecular weight is 1110 g/mol. The number of aliphatic imine (C=N–C) groups is 1. The molecule has 0 aromatic heterocycles. The van der Waals surface area contributed by atoms with Crippen molar-refractivity contribution < 1.29 is 61.9 Å². The van der Waals surface area contributed by atoms with Gasteiger partial charge in [-0.1, -0.05) is 31.1 Å². The van der Waals surface area contributed by atoms with Gasteiger partial charge >= 0.3 is 29.8 Å². The summed E-state index contributed by atoms with van der Waals surface area (Å²) in [5.74, 6) is 5.40. The Morgan fingerprint density at radius 3 is 1.77 bits per heavy atom. The van der Waals surface area contributed by atoms with Gasteiger partial charge in [-0.05, 0) is 189 Å². The maximum atomic E-state index is 14.0. The Morgan fingerprint density at radius 1 is 0.650 bits per heavy atom. The Morgan fingerprint density at radius 2 is 1.19 bits per heavy atom. The highest BCUT2D eigenvalue weighted by Crippen LogP contribution is 2.33. The molecule has 17 heteroatoms. The molecule has 0 unspecified atom stereocenters. The number of esters is 5. The molecule has 0 heterocycles. The van der Waals surface area contributed by atoms with Crippen molar-refractivity contribution in [3.63, 3.8) is 0 Å². The number of carbonyl (C=O) groups excluding carboxylic acids is 5. The Balaban J connectivity index is 1.01. The fourth-order valence-electron chi connectivity index (χ4n) is 9.01. The number of hydrazone groups is 1. The number of para-hydroxylation sites is 1. The number of methoxy groups -OCH3 is 1. The van der Waals surface area contributed by atoms with Crippen molar-refractivity contribution in [2.24, 2.45) is 21.9 Å². The summed E-state index contributed by atoms with van der Waals surface area (Å²) in [4.78, 5) is 70.2. The Bertz CT molecular complexity index is 2720. The van der Waals surface area contributed by atoms with E-state index in [1.807, 2.05) is 24.3 Å². The first-order valence-corrected chi connectivity index (χ1v) is 28.6. The number of hydrogen-bond donors (Lipinski definition) is 0. The fourth-order valence-corrected chi connectivity index (χ4v) is 9.91. The van der Waals surface area contributed by atoms with Gasteiger partial charge in [0.2, 0.25) is 0 Å². The van der Waals surface area contributed by atoms with Crippen LogP contribution in [0.2, 0.25) is 0 Å². The van der Waals surface area contributed by atoms with Crippen molar-refractivity contribution in [3.05, 3.63) is 120 Å².